The fourth-order valence-electron chi connectivity index (χ4n) is 6.58. The molecule has 192 valence electrons. The van der Waals surface area contributed by atoms with Crippen molar-refractivity contribution in [2.45, 2.75) is 76.9 Å². The topological polar surface area (TPSA) is 36.0 Å². The van der Waals surface area contributed by atoms with Crippen LogP contribution in [0.4, 0.5) is 0 Å². The summed E-state index contributed by atoms with van der Waals surface area (Å²) in [4.78, 5) is 20.4. The largest absolute Gasteiger partial charge is 0.497 e. The number of amides is 1. The number of methoxy groups -OCH3 is 1. The first kappa shape index (κ1) is 26.0. The predicted octanol–water partition coefficient (Wildman–Crippen LogP) is 5.09. The summed E-state index contributed by atoms with van der Waals surface area (Å²) in [5, 5.41) is 0. The van der Waals surface area contributed by atoms with Crippen molar-refractivity contribution in [3.63, 3.8) is 0 Å². The number of nitrogens with zero attached hydrogens (tertiary/aromatic N) is 3. The lowest BCUT2D eigenvalue weighted by Crippen LogP contribution is -2.54. The third kappa shape index (κ3) is 5.83. The second-order valence-electron chi connectivity index (χ2n) is 10.4. The third-order valence-corrected chi connectivity index (χ3v) is 8.38. The molecule has 4 rings (SSSR count). The molecule has 2 aliphatic heterocycles. The molecule has 2 bridgehead atoms. The van der Waals surface area contributed by atoms with Gasteiger partial charge in [0.2, 0.25) is 5.91 Å². The highest BCUT2D eigenvalue weighted by Gasteiger charge is 2.41. The molecule has 0 saturated carbocycles. The van der Waals surface area contributed by atoms with Crippen LogP contribution in [0.3, 0.4) is 0 Å². The minimum atomic E-state index is -0.0409. The van der Waals surface area contributed by atoms with Gasteiger partial charge in [-0.3, -0.25) is 14.6 Å². The van der Waals surface area contributed by atoms with Crippen molar-refractivity contribution in [3.8, 4) is 0 Å². The van der Waals surface area contributed by atoms with E-state index in [0.29, 0.717) is 12.1 Å². The number of hydrogen-bond acceptors (Lipinski definition) is 4. The van der Waals surface area contributed by atoms with Gasteiger partial charge in [-0.1, -0.05) is 30.7 Å². The van der Waals surface area contributed by atoms with Crippen molar-refractivity contribution in [2.24, 2.45) is 5.92 Å². The number of fused-ring (bicyclic) bond motifs is 2. The lowest BCUT2D eigenvalue weighted by atomic mass is 9.82. The Morgan fingerprint density at radius 1 is 1.23 bits per heavy atom. The maximum atomic E-state index is 13.0. The van der Waals surface area contributed by atoms with Crippen LogP contribution in [0.1, 0.15) is 58.8 Å². The number of carbonyl (C=O) groups excluding carboxylic acids is 1. The first-order valence-electron chi connectivity index (χ1n) is 13.8. The normalized spacial score (nSPS) is 28.3. The van der Waals surface area contributed by atoms with Crippen molar-refractivity contribution in [1.29, 1.82) is 0 Å². The highest BCUT2D eigenvalue weighted by Crippen LogP contribution is 2.39. The molecule has 0 spiro atoms. The van der Waals surface area contributed by atoms with Gasteiger partial charge in [0.15, 0.2) is 0 Å². The molecule has 0 aromatic rings. The zero-order valence-electron chi connectivity index (χ0n) is 22.1. The summed E-state index contributed by atoms with van der Waals surface area (Å²) in [6, 6.07) is 1.40. The van der Waals surface area contributed by atoms with E-state index < -0.39 is 0 Å². The Hall–Kier alpha value is -2.11. The number of rotatable bonds is 9. The van der Waals surface area contributed by atoms with Crippen LogP contribution in [0.15, 0.2) is 59.9 Å². The molecule has 5 heteroatoms. The van der Waals surface area contributed by atoms with E-state index in [4.69, 9.17) is 4.74 Å². The highest BCUT2D eigenvalue weighted by atomic mass is 16.5. The molecule has 35 heavy (non-hydrogen) atoms. The summed E-state index contributed by atoms with van der Waals surface area (Å²) in [6.45, 7) is 12.9. The van der Waals surface area contributed by atoms with E-state index in [1.54, 1.807) is 7.11 Å². The molecule has 4 aliphatic rings. The fraction of sp³-hybridized carbons (Fsp3) is 0.633. The van der Waals surface area contributed by atoms with Crippen LogP contribution in [0, 0.1) is 5.92 Å². The summed E-state index contributed by atoms with van der Waals surface area (Å²) >= 11 is 0. The lowest BCUT2D eigenvalue weighted by molar-refractivity contribution is -0.133. The quantitative estimate of drug-likeness (QED) is 0.432. The van der Waals surface area contributed by atoms with Crippen LogP contribution in [-0.2, 0) is 9.53 Å². The number of allylic oxidation sites excluding steroid dienone is 3. The Labute approximate surface area is 212 Å². The van der Waals surface area contributed by atoms with E-state index >= 15 is 0 Å². The Morgan fingerprint density at radius 3 is 2.71 bits per heavy atom. The minimum Gasteiger partial charge on any atom is -0.497 e. The third-order valence-electron chi connectivity index (χ3n) is 8.38. The lowest BCUT2D eigenvalue weighted by Gasteiger charge is -2.47. The number of carbonyl (C=O) groups is 1. The molecule has 0 aromatic carbocycles. The zero-order chi connectivity index (χ0) is 24.8. The van der Waals surface area contributed by atoms with Crippen LogP contribution >= 0.6 is 0 Å². The molecule has 2 heterocycles. The van der Waals surface area contributed by atoms with Gasteiger partial charge in [0.1, 0.15) is 5.76 Å². The summed E-state index contributed by atoms with van der Waals surface area (Å²) < 4.78 is 5.67. The average molecular weight is 480 g/mol. The summed E-state index contributed by atoms with van der Waals surface area (Å²) in [5.41, 5.74) is 2.83. The monoisotopic (exact) mass is 479 g/mol. The number of ether oxygens (including phenoxy) is 1. The van der Waals surface area contributed by atoms with Crippen molar-refractivity contribution >= 4 is 5.91 Å². The van der Waals surface area contributed by atoms with Crippen LogP contribution in [0.2, 0.25) is 0 Å². The summed E-state index contributed by atoms with van der Waals surface area (Å²) in [7, 11) is 1.78. The van der Waals surface area contributed by atoms with Crippen molar-refractivity contribution in [2.75, 3.05) is 39.8 Å². The van der Waals surface area contributed by atoms with E-state index in [0.717, 1.165) is 57.7 Å². The molecule has 4 unspecified atom stereocenters. The Kier molecular flexibility index (Phi) is 9.07. The zero-order valence-corrected chi connectivity index (χ0v) is 22.1. The van der Waals surface area contributed by atoms with Crippen molar-refractivity contribution < 1.29 is 9.53 Å². The first-order chi connectivity index (χ1) is 17.1. The summed E-state index contributed by atoms with van der Waals surface area (Å²) in [6.07, 6.45) is 21.3. The van der Waals surface area contributed by atoms with Gasteiger partial charge >= 0.3 is 0 Å². The predicted molar refractivity (Wildman–Crippen MR) is 144 cm³/mol. The van der Waals surface area contributed by atoms with Gasteiger partial charge in [0.25, 0.3) is 0 Å². The van der Waals surface area contributed by atoms with Crippen molar-refractivity contribution in [1.82, 2.24) is 14.7 Å². The Morgan fingerprint density at radius 2 is 2.03 bits per heavy atom. The Balaban J connectivity index is 1.65. The standard InChI is InChI=1S/C30H45N3O2/c1-5-19-31-20-18-26-11-9-12-27(22-31)33(26)29(25-10-8-13-28(21-25)35-4)23-14-16-24(17-15-23)30(34)32(6-2)7-3/h5,13-16,21,24,26-27,29H,1,6-12,17-20,22H2,2-4H3. The van der Waals surface area contributed by atoms with E-state index in [9.17, 15) is 4.79 Å². The molecule has 0 aromatic heterocycles. The second-order valence-corrected chi connectivity index (χ2v) is 10.4. The van der Waals surface area contributed by atoms with E-state index in [1.807, 2.05) is 4.90 Å². The van der Waals surface area contributed by atoms with E-state index in [1.165, 1.54) is 36.8 Å². The molecule has 4 atom stereocenters. The molecular formula is C30H45N3O2. The van der Waals surface area contributed by atoms with Crippen molar-refractivity contribution in [3.05, 3.63) is 59.9 Å². The van der Waals surface area contributed by atoms with Crippen LogP contribution in [0.25, 0.3) is 0 Å². The minimum absolute atomic E-state index is 0.0409. The SMILES string of the molecule is C=CCN1CCC2CCCC(C1)N2C(C1=CCC(C(=O)N(CC)CC)C=C1)C1=CC(OC)=CCC1. The van der Waals surface area contributed by atoms with Crippen LogP contribution in [-0.4, -0.2) is 78.6 Å². The highest BCUT2D eigenvalue weighted by molar-refractivity contribution is 5.81. The van der Waals surface area contributed by atoms with E-state index in [2.05, 4.69) is 66.7 Å². The van der Waals surface area contributed by atoms with Gasteiger partial charge in [-0.2, -0.15) is 0 Å². The number of hydrogen-bond donors (Lipinski definition) is 0. The average Bonchev–Trinajstić information content (AvgIpc) is 2.98. The molecule has 2 fully saturated rings. The first-order valence-corrected chi connectivity index (χ1v) is 13.8. The van der Waals surface area contributed by atoms with Gasteiger partial charge in [-0.05, 0) is 75.7 Å². The molecule has 2 saturated heterocycles. The molecule has 1 amide bonds. The molecule has 2 aliphatic carbocycles. The second kappa shape index (κ2) is 12.2. The maximum absolute atomic E-state index is 13.0. The van der Waals surface area contributed by atoms with E-state index in [-0.39, 0.29) is 17.9 Å². The van der Waals surface area contributed by atoms with Crippen LogP contribution in [0.5, 0.6) is 0 Å². The Bertz CT molecular complexity index is 882. The molecular weight excluding hydrogens is 434 g/mol. The van der Waals surface area contributed by atoms with Gasteiger partial charge in [0.05, 0.1) is 19.1 Å². The maximum Gasteiger partial charge on any atom is 0.229 e. The van der Waals surface area contributed by atoms with Crippen LogP contribution < -0.4 is 0 Å². The van der Waals surface area contributed by atoms with Gasteiger partial charge in [-0.25, -0.2) is 0 Å². The van der Waals surface area contributed by atoms with Gasteiger partial charge in [-0.15, -0.1) is 6.58 Å². The molecule has 5 nitrogen and oxygen atoms in total. The summed E-state index contributed by atoms with van der Waals surface area (Å²) in [5.74, 6) is 1.20. The smallest absolute Gasteiger partial charge is 0.229 e. The van der Waals surface area contributed by atoms with Gasteiger partial charge < -0.3 is 9.64 Å². The fourth-order valence-corrected chi connectivity index (χ4v) is 6.58. The molecule has 0 radical (unpaired) electrons. The van der Waals surface area contributed by atoms with Gasteiger partial charge in [0, 0.05) is 44.8 Å². The molecule has 0 N–H and O–H groups in total. The number of piperidine rings is 1.